The molecule has 0 aliphatic heterocycles. The molecular formula is C21H27NaO5S. The van der Waals surface area contributed by atoms with Crippen LogP contribution in [0.5, 0.6) is 17.2 Å². The van der Waals surface area contributed by atoms with Crippen molar-refractivity contribution in [3.63, 3.8) is 0 Å². The average molecular weight is 414 g/mol. The molecule has 0 aliphatic rings. The van der Waals surface area contributed by atoms with Gasteiger partial charge in [-0.05, 0) is 42.7 Å². The summed E-state index contributed by atoms with van der Waals surface area (Å²) in [7, 11) is -4.53. The van der Waals surface area contributed by atoms with Gasteiger partial charge in [-0.2, -0.15) is 8.42 Å². The molecule has 0 amide bonds. The van der Waals surface area contributed by atoms with Gasteiger partial charge in [-0.15, -0.1) is 5.75 Å². The number of rotatable bonds is 11. The van der Waals surface area contributed by atoms with Gasteiger partial charge in [0, 0.05) is 0 Å². The van der Waals surface area contributed by atoms with Gasteiger partial charge in [0.25, 0.3) is 10.1 Å². The average Bonchev–Trinajstić information content (AvgIpc) is 2.63. The largest absolute Gasteiger partial charge is 1.00 e. The minimum atomic E-state index is -4.53. The van der Waals surface area contributed by atoms with Crippen molar-refractivity contribution in [2.75, 3.05) is 0 Å². The van der Waals surface area contributed by atoms with E-state index in [4.69, 9.17) is 4.74 Å². The minimum Gasteiger partial charge on any atom is -0.872 e. The first-order valence-electron chi connectivity index (χ1n) is 9.45. The van der Waals surface area contributed by atoms with Crippen molar-refractivity contribution in [3.05, 3.63) is 48.0 Å². The fourth-order valence-corrected chi connectivity index (χ4v) is 3.54. The smallest absolute Gasteiger partial charge is 0.872 e. The van der Waals surface area contributed by atoms with Gasteiger partial charge in [-0.3, -0.25) is 4.55 Å². The van der Waals surface area contributed by atoms with Crippen LogP contribution in [0, 0.1) is 0 Å². The summed E-state index contributed by atoms with van der Waals surface area (Å²) in [5.41, 5.74) is 1.20. The van der Waals surface area contributed by atoms with Crippen molar-refractivity contribution in [1.29, 1.82) is 0 Å². The van der Waals surface area contributed by atoms with E-state index in [1.165, 1.54) is 56.2 Å². The maximum absolute atomic E-state index is 11.4. The molecule has 0 atom stereocenters. The van der Waals surface area contributed by atoms with Crippen molar-refractivity contribution >= 4 is 10.1 Å². The molecule has 7 heteroatoms. The summed E-state index contributed by atoms with van der Waals surface area (Å²) < 4.78 is 37.6. The second kappa shape index (κ2) is 12.5. The van der Waals surface area contributed by atoms with Crippen LogP contribution in [0.3, 0.4) is 0 Å². The SMILES string of the molecule is CCCCCCCCCc1ccc(Oc2ccc([O-])cc2S(=O)(=O)O)cc1.[Na+]. The Morgan fingerprint density at radius 2 is 1.54 bits per heavy atom. The molecule has 0 heterocycles. The molecule has 0 radical (unpaired) electrons. The van der Waals surface area contributed by atoms with Gasteiger partial charge in [0.1, 0.15) is 16.4 Å². The van der Waals surface area contributed by atoms with Crippen LogP contribution in [-0.2, 0) is 16.5 Å². The summed E-state index contributed by atoms with van der Waals surface area (Å²) in [5.74, 6) is -0.140. The van der Waals surface area contributed by atoms with E-state index >= 15 is 0 Å². The molecule has 148 valence electrons. The molecule has 0 fully saturated rings. The van der Waals surface area contributed by atoms with Gasteiger partial charge in [-0.25, -0.2) is 0 Å². The molecule has 2 rings (SSSR count). The molecule has 1 N–H and O–H groups in total. The van der Waals surface area contributed by atoms with Crippen LogP contribution in [0.25, 0.3) is 0 Å². The monoisotopic (exact) mass is 414 g/mol. The predicted octanol–water partition coefficient (Wildman–Crippen LogP) is 2.10. The molecule has 0 saturated heterocycles. The molecule has 0 unspecified atom stereocenters. The first kappa shape index (κ1) is 25.0. The van der Waals surface area contributed by atoms with E-state index in [1.807, 2.05) is 12.1 Å². The van der Waals surface area contributed by atoms with Crippen molar-refractivity contribution in [3.8, 4) is 17.2 Å². The summed E-state index contributed by atoms with van der Waals surface area (Å²) in [6.07, 6.45) is 9.84. The maximum Gasteiger partial charge on any atom is 1.00 e. The molecule has 28 heavy (non-hydrogen) atoms. The fraction of sp³-hybridized carbons (Fsp3) is 0.429. The van der Waals surface area contributed by atoms with Crippen LogP contribution >= 0.6 is 0 Å². The van der Waals surface area contributed by atoms with E-state index in [0.29, 0.717) is 5.75 Å². The number of ether oxygens (including phenoxy) is 1. The first-order valence-corrected chi connectivity index (χ1v) is 10.9. The molecular weight excluding hydrogens is 387 g/mol. The Kier molecular flexibility index (Phi) is 11.2. The Bertz CT molecular complexity index is 819. The van der Waals surface area contributed by atoms with Gasteiger partial charge in [0.15, 0.2) is 0 Å². The maximum atomic E-state index is 11.4. The van der Waals surface area contributed by atoms with Gasteiger partial charge in [0.05, 0.1) is 0 Å². The third-order valence-corrected chi connectivity index (χ3v) is 5.29. The molecule has 2 aromatic rings. The van der Waals surface area contributed by atoms with Gasteiger partial charge in [0.2, 0.25) is 0 Å². The Balaban J connectivity index is 0.00000392. The second-order valence-corrected chi connectivity index (χ2v) is 8.09. The quantitative estimate of drug-likeness (QED) is 0.346. The Labute approximate surface area is 190 Å². The number of hydrogen-bond acceptors (Lipinski definition) is 4. The van der Waals surface area contributed by atoms with Crippen LogP contribution in [-0.4, -0.2) is 13.0 Å². The van der Waals surface area contributed by atoms with Crippen molar-refractivity contribution in [1.82, 2.24) is 0 Å². The van der Waals surface area contributed by atoms with Crippen molar-refractivity contribution < 1.29 is 52.4 Å². The number of aryl methyl sites for hydroxylation is 1. The second-order valence-electron chi connectivity index (χ2n) is 6.70. The molecule has 0 aromatic heterocycles. The number of hydrogen-bond donors (Lipinski definition) is 1. The fourth-order valence-electron chi connectivity index (χ4n) is 2.91. The zero-order valence-electron chi connectivity index (χ0n) is 16.7. The zero-order chi connectivity index (χ0) is 19.7. The molecule has 0 bridgehead atoms. The van der Waals surface area contributed by atoms with Crippen LogP contribution in [0.4, 0.5) is 0 Å². The summed E-state index contributed by atoms with van der Waals surface area (Å²) in [6.45, 7) is 2.22. The molecule has 0 aliphatic carbocycles. The zero-order valence-corrected chi connectivity index (χ0v) is 19.5. The molecule has 0 saturated carbocycles. The minimum absolute atomic E-state index is 0. The van der Waals surface area contributed by atoms with Crippen LogP contribution in [0.2, 0.25) is 0 Å². The number of benzene rings is 2. The standard InChI is InChI=1S/C21H28O5S.Na/c1-2-3-4-5-6-7-8-9-17-10-13-19(14-11-17)26-20-15-12-18(22)16-21(20)27(23,24)25;/h10-16,22H,2-9H2,1H3,(H,23,24,25);/q;+1/p-1. The van der Waals surface area contributed by atoms with E-state index in [-0.39, 0.29) is 35.3 Å². The van der Waals surface area contributed by atoms with Crippen LogP contribution in [0.1, 0.15) is 57.4 Å². The summed E-state index contributed by atoms with van der Waals surface area (Å²) >= 11 is 0. The van der Waals surface area contributed by atoms with Gasteiger partial charge in [-0.1, -0.05) is 63.6 Å². The Hall–Kier alpha value is -1.05. The van der Waals surface area contributed by atoms with E-state index in [9.17, 15) is 18.1 Å². The van der Waals surface area contributed by atoms with Crippen molar-refractivity contribution in [2.45, 2.75) is 63.2 Å². The molecule has 2 aromatic carbocycles. The molecule has 5 nitrogen and oxygen atoms in total. The Morgan fingerprint density at radius 1 is 0.929 bits per heavy atom. The first-order chi connectivity index (χ1) is 12.9. The predicted molar refractivity (Wildman–Crippen MR) is 104 cm³/mol. The normalized spacial score (nSPS) is 11.1. The van der Waals surface area contributed by atoms with Gasteiger partial charge >= 0.3 is 29.6 Å². The van der Waals surface area contributed by atoms with Crippen LogP contribution in [0.15, 0.2) is 47.4 Å². The Morgan fingerprint density at radius 3 is 2.14 bits per heavy atom. The van der Waals surface area contributed by atoms with E-state index in [1.54, 1.807) is 12.1 Å². The number of unbranched alkanes of at least 4 members (excludes halogenated alkanes) is 6. The topological polar surface area (TPSA) is 86.7 Å². The third kappa shape index (κ3) is 8.53. The van der Waals surface area contributed by atoms with Gasteiger partial charge < -0.3 is 9.84 Å². The summed E-state index contributed by atoms with van der Waals surface area (Å²) in [5, 5.41) is 11.4. The van der Waals surface area contributed by atoms with E-state index < -0.39 is 20.8 Å². The van der Waals surface area contributed by atoms with E-state index in [0.717, 1.165) is 18.9 Å². The van der Waals surface area contributed by atoms with E-state index in [2.05, 4.69) is 6.92 Å². The molecule has 0 spiro atoms. The van der Waals surface area contributed by atoms with Crippen LogP contribution < -0.4 is 39.4 Å². The van der Waals surface area contributed by atoms with Crippen molar-refractivity contribution in [2.24, 2.45) is 0 Å². The summed E-state index contributed by atoms with van der Waals surface area (Å²) in [6, 6.07) is 10.7. The third-order valence-electron chi connectivity index (χ3n) is 4.41. The summed E-state index contributed by atoms with van der Waals surface area (Å²) in [4.78, 5) is -0.526.